The number of hydrogen-bond acceptors (Lipinski definition) is 0. The average molecular weight is 205 g/mol. The number of hydrogen-bond donors (Lipinski definition) is 0. The van der Waals surface area contributed by atoms with Gasteiger partial charge in [-0.05, 0) is 55.8 Å². The van der Waals surface area contributed by atoms with Crippen LogP contribution in [0.5, 0.6) is 0 Å². The summed E-state index contributed by atoms with van der Waals surface area (Å²) in [6.07, 6.45) is 6.66. The van der Waals surface area contributed by atoms with Crippen LogP contribution in [-0.4, -0.2) is 0 Å². The lowest BCUT2D eigenvalue weighted by molar-refractivity contribution is 0.203. The molecule has 0 amide bonds. The third-order valence-corrected chi connectivity index (χ3v) is 4.85. The third kappa shape index (κ3) is 1.88. The molecule has 0 fully saturated rings. The number of allylic oxidation sites excluding steroid dienone is 2. The largest absolute Gasteiger partial charge is 0.0702 e. The minimum atomic E-state index is 0.271. The van der Waals surface area contributed by atoms with E-state index in [1.165, 1.54) is 32.1 Å². The van der Waals surface area contributed by atoms with Gasteiger partial charge in [-0.1, -0.05) is 38.8 Å². The molecular formula is C15H25. The van der Waals surface area contributed by atoms with Crippen molar-refractivity contribution < 1.29 is 0 Å². The van der Waals surface area contributed by atoms with Gasteiger partial charge in [0.1, 0.15) is 0 Å². The van der Waals surface area contributed by atoms with Crippen LogP contribution >= 0.6 is 0 Å². The molecule has 2 unspecified atom stereocenters. The molecule has 85 valence electrons. The van der Waals surface area contributed by atoms with E-state index in [0.717, 1.165) is 5.92 Å². The summed E-state index contributed by atoms with van der Waals surface area (Å²) in [5.74, 6) is 0.755. The molecule has 0 heteroatoms. The van der Waals surface area contributed by atoms with Gasteiger partial charge in [0, 0.05) is 0 Å². The summed E-state index contributed by atoms with van der Waals surface area (Å²) in [7, 11) is 0. The summed E-state index contributed by atoms with van der Waals surface area (Å²) in [5, 5.41) is 0. The summed E-state index contributed by atoms with van der Waals surface area (Å²) in [4.78, 5) is 0. The Morgan fingerprint density at radius 2 is 1.93 bits per heavy atom. The first-order chi connectivity index (χ1) is 6.83. The lowest BCUT2D eigenvalue weighted by atomic mass is 9.59. The minimum absolute atomic E-state index is 0.271. The highest BCUT2D eigenvalue weighted by molar-refractivity contribution is 5.29. The molecular weight excluding hydrogens is 180 g/mol. The molecule has 2 aliphatic carbocycles. The van der Waals surface area contributed by atoms with Crippen molar-refractivity contribution in [2.75, 3.05) is 0 Å². The Morgan fingerprint density at radius 1 is 1.27 bits per heavy atom. The maximum Gasteiger partial charge on any atom is -0.0142 e. The minimum Gasteiger partial charge on any atom is -0.0702 e. The SMILES string of the molecule is [CH2]C1(C)CC2=C(CCCC2(C)C)CC1C. The second-order valence-electron chi connectivity index (χ2n) is 6.76. The summed E-state index contributed by atoms with van der Waals surface area (Å²) in [5.41, 5.74) is 4.25. The van der Waals surface area contributed by atoms with Gasteiger partial charge in [-0.2, -0.15) is 0 Å². The molecule has 0 aromatic rings. The van der Waals surface area contributed by atoms with Crippen LogP contribution in [0.25, 0.3) is 0 Å². The van der Waals surface area contributed by atoms with Crippen molar-refractivity contribution in [3.63, 3.8) is 0 Å². The van der Waals surface area contributed by atoms with Crippen LogP contribution in [0.1, 0.15) is 59.8 Å². The Balaban J connectivity index is 2.35. The summed E-state index contributed by atoms with van der Waals surface area (Å²) in [6.45, 7) is 14.0. The van der Waals surface area contributed by atoms with E-state index in [0.29, 0.717) is 5.41 Å². The first kappa shape index (κ1) is 11.2. The first-order valence-electron chi connectivity index (χ1n) is 6.40. The van der Waals surface area contributed by atoms with Gasteiger partial charge in [0.15, 0.2) is 0 Å². The second-order valence-corrected chi connectivity index (χ2v) is 6.76. The van der Waals surface area contributed by atoms with Gasteiger partial charge in [-0.15, -0.1) is 0 Å². The van der Waals surface area contributed by atoms with E-state index in [2.05, 4.69) is 34.6 Å². The van der Waals surface area contributed by atoms with Crippen LogP contribution in [0.3, 0.4) is 0 Å². The van der Waals surface area contributed by atoms with Gasteiger partial charge in [0.05, 0.1) is 0 Å². The van der Waals surface area contributed by atoms with Gasteiger partial charge in [0.2, 0.25) is 0 Å². The van der Waals surface area contributed by atoms with Gasteiger partial charge >= 0.3 is 0 Å². The second kappa shape index (κ2) is 3.37. The first-order valence-corrected chi connectivity index (χ1v) is 6.40. The summed E-state index contributed by atoms with van der Waals surface area (Å²) in [6, 6.07) is 0. The zero-order valence-corrected chi connectivity index (χ0v) is 10.8. The molecule has 0 N–H and O–H groups in total. The molecule has 2 aliphatic rings. The zero-order chi connectivity index (χ0) is 11.3. The standard InChI is InChI=1S/C15H25/c1-11-9-12-7-6-8-14(2,3)13(12)10-15(11,4)5/h11H,4,6-10H2,1-3,5H3. The van der Waals surface area contributed by atoms with E-state index in [9.17, 15) is 0 Å². The van der Waals surface area contributed by atoms with E-state index in [1.54, 1.807) is 11.1 Å². The Kier molecular flexibility index (Phi) is 2.52. The number of rotatable bonds is 0. The third-order valence-electron chi connectivity index (χ3n) is 4.85. The Hall–Kier alpha value is -0.260. The van der Waals surface area contributed by atoms with E-state index in [1.807, 2.05) is 0 Å². The van der Waals surface area contributed by atoms with Crippen molar-refractivity contribution in [1.29, 1.82) is 0 Å². The predicted molar refractivity (Wildman–Crippen MR) is 66.5 cm³/mol. The fourth-order valence-electron chi connectivity index (χ4n) is 3.31. The normalized spacial score (nSPS) is 33.8. The predicted octanol–water partition coefficient (Wildman–Crippen LogP) is 4.76. The molecule has 0 aliphatic heterocycles. The van der Waals surface area contributed by atoms with Crippen LogP contribution in [0.2, 0.25) is 0 Å². The molecule has 0 saturated carbocycles. The van der Waals surface area contributed by atoms with Gasteiger partial charge in [-0.3, -0.25) is 0 Å². The highest BCUT2D eigenvalue weighted by atomic mass is 14.4. The van der Waals surface area contributed by atoms with Crippen molar-refractivity contribution in [3.05, 3.63) is 18.1 Å². The molecule has 2 rings (SSSR count). The summed E-state index contributed by atoms with van der Waals surface area (Å²) >= 11 is 0. The van der Waals surface area contributed by atoms with E-state index < -0.39 is 0 Å². The topological polar surface area (TPSA) is 0 Å². The highest BCUT2D eigenvalue weighted by Crippen LogP contribution is 2.53. The molecule has 0 aromatic heterocycles. The fourth-order valence-corrected chi connectivity index (χ4v) is 3.31. The van der Waals surface area contributed by atoms with E-state index in [4.69, 9.17) is 0 Å². The van der Waals surface area contributed by atoms with Crippen LogP contribution in [0.15, 0.2) is 11.1 Å². The molecule has 0 saturated heterocycles. The van der Waals surface area contributed by atoms with Crippen molar-refractivity contribution in [2.24, 2.45) is 16.7 Å². The molecule has 1 radical (unpaired) electrons. The molecule has 0 spiro atoms. The molecule has 2 atom stereocenters. The maximum absolute atomic E-state index is 4.43. The van der Waals surface area contributed by atoms with Crippen molar-refractivity contribution in [1.82, 2.24) is 0 Å². The quantitative estimate of drug-likeness (QED) is 0.500. The van der Waals surface area contributed by atoms with Crippen LogP contribution in [0, 0.1) is 23.7 Å². The van der Waals surface area contributed by atoms with Gasteiger partial charge in [0.25, 0.3) is 0 Å². The van der Waals surface area contributed by atoms with Crippen molar-refractivity contribution in [3.8, 4) is 0 Å². The smallest absolute Gasteiger partial charge is 0.0142 e. The van der Waals surface area contributed by atoms with Crippen molar-refractivity contribution in [2.45, 2.75) is 59.8 Å². The average Bonchev–Trinajstić information content (AvgIpc) is 2.08. The van der Waals surface area contributed by atoms with Crippen LogP contribution in [0.4, 0.5) is 0 Å². The van der Waals surface area contributed by atoms with Crippen molar-refractivity contribution >= 4 is 0 Å². The molecule has 0 aromatic carbocycles. The van der Waals surface area contributed by atoms with Crippen LogP contribution in [-0.2, 0) is 0 Å². The maximum atomic E-state index is 4.43. The zero-order valence-electron chi connectivity index (χ0n) is 10.8. The fraction of sp³-hybridized carbons (Fsp3) is 0.800. The Morgan fingerprint density at radius 3 is 2.60 bits per heavy atom. The lowest BCUT2D eigenvalue weighted by Gasteiger charge is -2.46. The van der Waals surface area contributed by atoms with Gasteiger partial charge in [-0.25, -0.2) is 0 Å². The van der Waals surface area contributed by atoms with Crippen LogP contribution < -0.4 is 0 Å². The Labute approximate surface area is 95.1 Å². The molecule has 15 heavy (non-hydrogen) atoms. The lowest BCUT2D eigenvalue weighted by Crippen LogP contribution is -2.34. The highest BCUT2D eigenvalue weighted by Gasteiger charge is 2.40. The summed E-state index contributed by atoms with van der Waals surface area (Å²) < 4.78 is 0. The molecule has 0 nitrogen and oxygen atoms in total. The molecule has 0 bridgehead atoms. The Bertz CT molecular complexity index is 291. The van der Waals surface area contributed by atoms with E-state index in [-0.39, 0.29) is 5.41 Å². The van der Waals surface area contributed by atoms with Gasteiger partial charge < -0.3 is 0 Å². The van der Waals surface area contributed by atoms with E-state index >= 15 is 0 Å². The monoisotopic (exact) mass is 205 g/mol. The molecule has 0 heterocycles.